The largest absolute Gasteiger partial charge is 0.305 e. The minimum atomic E-state index is -1.44. The SMILES string of the molecule is C[Si](C)(C)c1ccc(-c2[c-]cc(-c3ccccc3)cc2)nc1.C[Si](C)(C)c1ccc(-c2[c-]ccc(-c3ccccc3)c2)nc1.C[Si](C)(C)c1cccnc1-c1[c-]ccc(-c2ccccc2)c1.C[Si](C)(C)c1ccnc(-c2[c-]ccc(-c3ccccc3)c2)c1.[Ir].[Ir].[Ir].[Ir]. The Balaban J connectivity index is 0.000000219. The van der Waals surface area contributed by atoms with Gasteiger partial charge in [0.15, 0.2) is 0 Å². The molecule has 0 aliphatic rings. The fourth-order valence-electron chi connectivity index (χ4n) is 9.92. The van der Waals surface area contributed by atoms with E-state index >= 15 is 0 Å². The quantitative estimate of drug-likeness (QED) is 0.0903. The molecule has 0 atom stereocenters. The Hall–Kier alpha value is -6.18. The zero-order valence-electron chi connectivity index (χ0n) is 54.5. The summed E-state index contributed by atoms with van der Waals surface area (Å²) in [6.07, 6.45) is 7.86. The molecule has 92 heavy (non-hydrogen) atoms. The molecule has 0 saturated heterocycles. The van der Waals surface area contributed by atoms with E-state index in [4.69, 9.17) is 0 Å². The molecule has 0 spiro atoms. The smallest absolute Gasteiger partial charge is 0.0795 e. The van der Waals surface area contributed by atoms with Gasteiger partial charge in [-0.05, 0) is 62.0 Å². The van der Waals surface area contributed by atoms with Crippen molar-refractivity contribution in [3.05, 3.63) is 292 Å². The molecule has 0 unspecified atom stereocenters. The van der Waals surface area contributed by atoms with Crippen LogP contribution in [0.15, 0.2) is 267 Å². The first-order valence-corrected chi connectivity index (χ1v) is 44.3. The number of aromatic nitrogens is 4. The molecule has 0 fully saturated rings. The summed E-state index contributed by atoms with van der Waals surface area (Å²) in [6.45, 7) is 28.2. The average molecular weight is 1980 g/mol. The predicted octanol–water partition coefficient (Wildman–Crippen LogP) is 19.0. The summed E-state index contributed by atoms with van der Waals surface area (Å²) in [5.41, 5.74) is 18.0. The minimum Gasteiger partial charge on any atom is -0.305 e. The molecule has 0 aliphatic heterocycles. The molecule has 4 heterocycles. The fourth-order valence-corrected chi connectivity index (χ4v) is 14.6. The van der Waals surface area contributed by atoms with E-state index in [0.717, 1.165) is 45.0 Å². The van der Waals surface area contributed by atoms with Crippen LogP contribution in [0, 0.1) is 24.3 Å². The summed E-state index contributed by atoms with van der Waals surface area (Å²) in [4.78, 5) is 18.5. The van der Waals surface area contributed by atoms with Gasteiger partial charge in [-0.25, -0.2) is 0 Å². The molecule has 0 N–H and O–H groups in total. The van der Waals surface area contributed by atoms with Crippen LogP contribution >= 0.6 is 0 Å². The standard InChI is InChI=1S/4C20H20NSi.4Ir/c1-22(2,3)19-13-8-14-21-20(19)18-12-7-11-17(15-18)16-9-5-4-6-10-16;1-22(2,3)19-12-13-21-20(15-19)18-11-7-10-17(14-18)16-8-5-4-6-9-16;1-22(2,3)19-12-13-20(21-15-19)18-11-7-10-17(14-18)16-8-5-4-6-9-16;1-22(2,3)19-13-14-20(21-15-19)18-11-9-17(10-12-18)16-7-5-4-6-8-16;;;;/h4-11,13-15H,1-3H3;2*4-10,12-15H,1-3H3;4-11,13-15H,1-3H3;;;;/q4*-1;;;;. The van der Waals surface area contributed by atoms with Crippen molar-refractivity contribution in [3.63, 3.8) is 0 Å². The molecule has 4 aromatic heterocycles. The van der Waals surface area contributed by atoms with E-state index in [2.05, 4.69) is 311 Å². The van der Waals surface area contributed by atoms with Gasteiger partial charge in [0.05, 0.1) is 32.3 Å². The van der Waals surface area contributed by atoms with Crippen molar-refractivity contribution >= 4 is 53.0 Å². The third kappa shape index (κ3) is 21.7. The van der Waals surface area contributed by atoms with Crippen molar-refractivity contribution in [2.45, 2.75) is 78.6 Å². The van der Waals surface area contributed by atoms with Gasteiger partial charge >= 0.3 is 0 Å². The summed E-state index contributed by atoms with van der Waals surface area (Å²) in [7, 11) is -5.35. The zero-order chi connectivity index (χ0) is 62.3. The van der Waals surface area contributed by atoms with Crippen LogP contribution < -0.4 is 20.7 Å². The van der Waals surface area contributed by atoms with Crippen LogP contribution in [0.3, 0.4) is 0 Å². The van der Waals surface area contributed by atoms with Gasteiger partial charge in [0, 0.05) is 105 Å². The van der Waals surface area contributed by atoms with Gasteiger partial charge in [-0.2, -0.15) is 0 Å². The minimum absolute atomic E-state index is 0. The third-order valence-electron chi connectivity index (χ3n) is 15.2. The molecule has 4 nitrogen and oxygen atoms in total. The van der Waals surface area contributed by atoms with Crippen LogP contribution in [0.25, 0.3) is 89.5 Å². The molecule has 12 heteroatoms. The van der Waals surface area contributed by atoms with E-state index < -0.39 is 32.3 Å². The van der Waals surface area contributed by atoms with Crippen LogP contribution in [0.1, 0.15) is 0 Å². The van der Waals surface area contributed by atoms with Crippen LogP contribution in [0.5, 0.6) is 0 Å². The maximum absolute atomic E-state index is 4.65. The van der Waals surface area contributed by atoms with Crippen LogP contribution in [0.4, 0.5) is 0 Å². The summed E-state index contributed by atoms with van der Waals surface area (Å²) in [5, 5.41) is 5.58. The number of hydrogen-bond donors (Lipinski definition) is 0. The molecular weight excluding hydrogens is 1900 g/mol. The molecule has 8 aromatic carbocycles. The summed E-state index contributed by atoms with van der Waals surface area (Å²) >= 11 is 0. The van der Waals surface area contributed by atoms with Crippen molar-refractivity contribution in [1.29, 1.82) is 0 Å². The molecule has 0 bridgehead atoms. The third-order valence-corrected chi connectivity index (χ3v) is 23.3. The summed E-state index contributed by atoms with van der Waals surface area (Å²) in [6, 6.07) is 97.4. The average Bonchev–Trinajstić information content (AvgIpc) is 0.901. The van der Waals surface area contributed by atoms with E-state index in [0.29, 0.717) is 0 Å². The van der Waals surface area contributed by atoms with Crippen LogP contribution in [-0.4, -0.2) is 52.2 Å². The maximum atomic E-state index is 4.65. The second-order valence-corrected chi connectivity index (χ2v) is 46.4. The number of pyridine rings is 4. The number of nitrogens with zero attached hydrogens (tertiary/aromatic N) is 4. The van der Waals surface area contributed by atoms with E-state index in [1.807, 2.05) is 79.4 Å². The van der Waals surface area contributed by atoms with Crippen molar-refractivity contribution in [2.75, 3.05) is 0 Å². The monoisotopic (exact) mass is 1980 g/mol. The molecule has 476 valence electrons. The van der Waals surface area contributed by atoms with Gasteiger partial charge in [0.1, 0.15) is 0 Å². The van der Waals surface area contributed by atoms with Gasteiger partial charge in [0.25, 0.3) is 0 Å². The Bertz CT molecular complexity index is 4160. The molecular formula is C80H80Ir4N4Si4-4. The number of benzene rings is 8. The molecule has 12 rings (SSSR count). The van der Waals surface area contributed by atoms with E-state index in [-0.39, 0.29) is 80.4 Å². The normalized spacial score (nSPS) is 10.9. The van der Waals surface area contributed by atoms with E-state index in [9.17, 15) is 0 Å². The second kappa shape index (κ2) is 35.4. The summed E-state index contributed by atoms with van der Waals surface area (Å²) < 4.78 is 0. The number of rotatable bonds is 12. The van der Waals surface area contributed by atoms with E-state index in [1.165, 1.54) is 65.3 Å². The van der Waals surface area contributed by atoms with Crippen LogP contribution in [-0.2, 0) is 80.4 Å². The van der Waals surface area contributed by atoms with E-state index in [1.54, 1.807) is 0 Å². The molecule has 0 aliphatic carbocycles. The first-order chi connectivity index (χ1) is 42.2. The predicted molar refractivity (Wildman–Crippen MR) is 388 cm³/mol. The van der Waals surface area contributed by atoms with Crippen molar-refractivity contribution in [3.8, 4) is 89.5 Å². The summed E-state index contributed by atoms with van der Waals surface area (Å²) in [5.74, 6) is 0. The van der Waals surface area contributed by atoms with Crippen molar-refractivity contribution in [2.24, 2.45) is 0 Å². The topological polar surface area (TPSA) is 51.6 Å². The first kappa shape index (κ1) is 76.5. The Morgan fingerprint density at radius 1 is 0.261 bits per heavy atom. The number of hydrogen-bond acceptors (Lipinski definition) is 4. The maximum Gasteiger partial charge on any atom is 0.0795 e. The zero-order valence-corrected chi connectivity index (χ0v) is 68.1. The van der Waals surface area contributed by atoms with Crippen LogP contribution in [0.2, 0.25) is 78.6 Å². The van der Waals surface area contributed by atoms with Crippen molar-refractivity contribution < 1.29 is 80.4 Å². The van der Waals surface area contributed by atoms with Gasteiger partial charge in [-0.1, -0.05) is 258 Å². The Morgan fingerprint density at radius 3 is 1.05 bits per heavy atom. The van der Waals surface area contributed by atoms with Crippen molar-refractivity contribution in [1.82, 2.24) is 19.9 Å². The second-order valence-electron chi connectivity index (χ2n) is 26.1. The Morgan fingerprint density at radius 2 is 0.663 bits per heavy atom. The molecule has 0 amide bonds. The van der Waals surface area contributed by atoms with Gasteiger partial charge in [-0.15, -0.1) is 136 Å². The Kier molecular flexibility index (Phi) is 29.4. The molecule has 12 aromatic rings. The van der Waals surface area contributed by atoms with Gasteiger partial charge in [0.2, 0.25) is 0 Å². The molecule has 4 radical (unpaired) electrons. The Labute approximate surface area is 607 Å². The first-order valence-electron chi connectivity index (χ1n) is 30.3. The van der Waals surface area contributed by atoms with Gasteiger partial charge in [-0.3, -0.25) is 0 Å². The van der Waals surface area contributed by atoms with Gasteiger partial charge < -0.3 is 19.9 Å². The fraction of sp³-hybridized carbons (Fsp3) is 0.150. The molecule has 0 saturated carbocycles.